The van der Waals surface area contributed by atoms with Crippen LogP contribution in [0.5, 0.6) is 0 Å². The fraction of sp³-hybridized carbons (Fsp3) is 0.300. The highest BCUT2D eigenvalue weighted by atomic mass is 79.9. The van der Waals surface area contributed by atoms with Crippen LogP contribution in [-0.2, 0) is 7.05 Å². The van der Waals surface area contributed by atoms with Crippen molar-refractivity contribution in [3.05, 3.63) is 104 Å². The van der Waals surface area contributed by atoms with Crippen LogP contribution < -0.4 is 10.5 Å². The van der Waals surface area contributed by atoms with Crippen LogP contribution in [0.2, 0.25) is 0 Å². The maximum Gasteiger partial charge on any atom is 0.270 e. The van der Waals surface area contributed by atoms with Crippen LogP contribution in [0.1, 0.15) is 36.6 Å². The molecule has 1 aliphatic heterocycles. The summed E-state index contributed by atoms with van der Waals surface area (Å²) in [5, 5.41) is 10.0. The Morgan fingerprint density at radius 2 is 1.55 bits per heavy atom. The SMILES string of the molecule is CC(C)[C@H]1CN(c2c(C#N)c(=O)n(C)c3ccc(Br)nc23)CCN1C(c1ccc(F)cc1)c1ccc(F)cc1.S. The molecule has 6 nitrogen and oxygen atoms in total. The van der Waals surface area contributed by atoms with Gasteiger partial charge in [0, 0.05) is 32.7 Å². The van der Waals surface area contributed by atoms with E-state index in [9.17, 15) is 18.8 Å². The Morgan fingerprint density at radius 1 is 0.975 bits per heavy atom. The van der Waals surface area contributed by atoms with Crippen LogP contribution in [0.15, 0.2) is 70.1 Å². The normalized spacial score (nSPS) is 15.9. The van der Waals surface area contributed by atoms with E-state index in [1.54, 1.807) is 37.4 Å². The van der Waals surface area contributed by atoms with E-state index >= 15 is 0 Å². The molecule has 10 heteroatoms. The lowest BCUT2D eigenvalue weighted by atomic mass is 9.90. The molecule has 0 amide bonds. The maximum atomic E-state index is 13.8. The van der Waals surface area contributed by atoms with E-state index in [0.717, 1.165) is 11.1 Å². The molecule has 0 aliphatic carbocycles. The predicted molar refractivity (Wildman–Crippen MR) is 162 cm³/mol. The Labute approximate surface area is 247 Å². The van der Waals surface area contributed by atoms with Gasteiger partial charge in [0.1, 0.15) is 33.4 Å². The van der Waals surface area contributed by atoms with E-state index in [-0.39, 0.29) is 54.3 Å². The van der Waals surface area contributed by atoms with Gasteiger partial charge < -0.3 is 9.47 Å². The zero-order valence-electron chi connectivity index (χ0n) is 22.4. The molecule has 2 aromatic heterocycles. The molecule has 4 aromatic rings. The number of anilines is 1. The number of hydrogen-bond donors (Lipinski definition) is 0. The molecule has 208 valence electrons. The summed E-state index contributed by atoms with van der Waals surface area (Å²) in [6, 6.07) is 18.4. The number of fused-ring (bicyclic) bond motifs is 1. The number of benzene rings is 2. The number of nitrogens with zero attached hydrogens (tertiary/aromatic N) is 5. The van der Waals surface area contributed by atoms with Crippen LogP contribution in [0, 0.1) is 28.9 Å². The summed E-state index contributed by atoms with van der Waals surface area (Å²) < 4.78 is 29.8. The molecule has 0 unspecified atom stereocenters. The van der Waals surface area contributed by atoms with Crippen molar-refractivity contribution < 1.29 is 8.78 Å². The van der Waals surface area contributed by atoms with E-state index in [4.69, 9.17) is 0 Å². The van der Waals surface area contributed by atoms with Crippen molar-refractivity contribution in [2.45, 2.75) is 25.9 Å². The Morgan fingerprint density at radius 3 is 2.08 bits per heavy atom. The van der Waals surface area contributed by atoms with E-state index in [0.29, 0.717) is 41.0 Å². The third kappa shape index (κ3) is 5.51. The average Bonchev–Trinajstić information content (AvgIpc) is 2.92. The third-order valence-corrected chi connectivity index (χ3v) is 7.98. The Bertz CT molecular complexity index is 1570. The second-order valence-electron chi connectivity index (χ2n) is 10.2. The molecule has 1 fully saturated rings. The molecular formula is C30H30BrF2N5OS. The van der Waals surface area contributed by atoms with Crippen molar-refractivity contribution in [1.29, 1.82) is 5.26 Å². The highest BCUT2D eigenvalue weighted by Crippen LogP contribution is 2.37. The number of piperazine rings is 1. The minimum atomic E-state index is -0.358. The van der Waals surface area contributed by atoms with Crippen molar-refractivity contribution in [3.8, 4) is 6.07 Å². The topological polar surface area (TPSA) is 65.2 Å². The molecule has 1 aliphatic rings. The summed E-state index contributed by atoms with van der Waals surface area (Å²) in [6.07, 6.45) is 0. The third-order valence-electron chi connectivity index (χ3n) is 7.54. The van der Waals surface area contributed by atoms with Crippen molar-refractivity contribution in [2.24, 2.45) is 13.0 Å². The molecule has 0 radical (unpaired) electrons. The van der Waals surface area contributed by atoms with Crippen LogP contribution in [-0.4, -0.2) is 40.1 Å². The molecule has 1 saturated heterocycles. The molecule has 3 heterocycles. The number of halogens is 3. The first-order valence-corrected chi connectivity index (χ1v) is 13.6. The predicted octanol–water partition coefficient (Wildman–Crippen LogP) is 5.89. The minimum absolute atomic E-state index is 0. The zero-order valence-corrected chi connectivity index (χ0v) is 25.0. The van der Waals surface area contributed by atoms with Gasteiger partial charge in [0.05, 0.1) is 17.2 Å². The molecular weight excluding hydrogens is 596 g/mol. The Hall–Kier alpha value is -3.26. The highest BCUT2D eigenvalue weighted by molar-refractivity contribution is 9.10. The summed E-state index contributed by atoms with van der Waals surface area (Å²) in [7, 11) is 1.65. The van der Waals surface area contributed by atoms with Gasteiger partial charge in [-0.25, -0.2) is 13.8 Å². The molecule has 0 bridgehead atoms. The van der Waals surface area contributed by atoms with Crippen molar-refractivity contribution >= 4 is 46.1 Å². The minimum Gasteiger partial charge on any atom is -0.366 e. The molecule has 40 heavy (non-hydrogen) atoms. The van der Waals surface area contributed by atoms with Crippen molar-refractivity contribution in [2.75, 3.05) is 24.5 Å². The quantitative estimate of drug-likeness (QED) is 0.259. The van der Waals surface area contributed by atoms with E-state index in [2.05, 4.69) is 50.6 Å². The first kappa shape index (κ1) is 29.7. The van der Waals surface area contributed by atoms with E-state index < -0.39 is 0 Å². The van der Waals surface area contributed by atoms with Gasteiger partial charge >= 0.3 is 0 Å². The molecule has 2 aromatic carbocycles. The zero-order chi connectivity index (χ0) is 27.8. The maximum absolute atomic E-state index is 13.8. The largest absolute Gasteiger partial charge is 0.366 e. The van der Waals surface area contributed by atoms with Gasteiger partial charge in [-0.3, -0.25) is 9.69 Å². The van der Waals surface area contributed by atoms with Crippen LogP contribution in [0.4, 0.5) is 14.5 Å². The summed E-state index contributed by atoms with van der Waals surface area (Å²) in [6.45, 7) is 5.94. The number of pyridine rings is 2. The number of hydrogen-bond acceptors (Lipinski definition) is 5. The number of aromatic nitrogens is 2. The van der Waals surface area contributed by atoms with Gasteiger partial charge in [-0.05, 0) is 69.4 Å². The monoisotopic (exact) mass is 625 g/mol. The first-order valence-electron chi connectivity index (χ1n) is 12.8. The fourth-order valence-corrected chi connectivity index (χ4v) is 5.89. The standard InChI is InChI=1S/C30H28BrF2N5O.H2S/c1-18(2)25-17-37(29-23(16-34)30(39)36(3)24-12-13-26(31)35-27(24)29)14-15-38(25)28(19-4-8-21(32)9-5-19)20-6-10-22(33)11-7-20;/h4-13,18,25,28H,14-15,17H2,1-3H3;1H2/t25-;/m1./s1. The van der Waals surface area contributed by atoms with Gasteiger partial charge in [-0.2, -0.15) is 18.8 Å². The van der Waals surface area contributed by atoms with Crippen LogP contribution >= 0.6 is 29.4 Å². The second kappa shape index (κ2) is 12.1. The smallest absolute Gasteiger partial charge is 0.270 e. The second-order valence-corrected chi connectivity index (χ2v) is 11.0. The fourth-order valence-electron chi connectivity index (χ4n) is 5.59. The number of nitriles is 1. The molecule has 5 rings (SSSR count). The van der Waals surface area contributed by atoms with Gasteiger partial charge in [-0.15, -0.1) is 0 Å². The summed E-state index contributed by atoms with van der Waals surface area (Å²) >= 11 is 3.44. The summed E-state index contributed by atoms with van der Waals surface area (Å²) in [4.78, 5) is 22.3. The van der Waals surface area contributed by atoms with Crippen molar-refractivity contribution in [1.82, 2.24) is 14.5 Å². The van der Waals surface area contributed by atoms with Crippen LogP contribution in [0.3, 0.4) is 0 Å². The summed E-state index contributed by atoms with van der Waals surface area (Å²) in [5.74, 6) is -0.441. The van der Waals surface area contributed by atoms with E-state index in [1.165, 1.54) is 28.8 Å². The molecule has 0 saturated carbocycles. The molecule has 0 spiro atoms. The van der Waals surface area contributed by atoms with Crippen molar-refractivity contribution in [3.63, 3.8) is 0 Å². The number of rotatable bonds is 5. The Kier molecular flexibility index (Phi) is 8.98. The number of aryl methyl sites for hydroxylation is 1. The van der Waals surface area contributed by atoms with E-state index in [1.807, 2.05) is 6.07 Å². The summed E-state index contributed by atoms with van der Waals surface area (Å²) in [5.41, 5.74) is 3.31. The van der Waals surface area contributed by atoms with Crippen LogP contribution in [0.25, 0.3) is 11.0 Å². The van der Waals surface area contributed by atoms with Gasteiger partial charge in [0.2, 0.25) is 0 Å². The van der Waals surface area contributed by atoms with Gasteiger partial charge in [0.15, 0.2) is 0 Å². The van der Waals surface area contributed by atoms with Gasteiger partial charge in [-0.1, -0.05) is 38.1 Å². The highest BCUT2D eigenvalue weighted by Gasteiger charge is 2.37. The molecule has 0 N–H and O–H groups in total. The molecule has 1 atom stereocenters. The lowest BCUT2D eigenvalue weighted by Gasteiger charge is -2.48. The van der Waals surface area contributed by atoms with Gasteiger partial charge in [0.25, 0.3) is 5.56 Å². The lowest BCUT2D eigenvalue weighted by molar-refractivity contribution is 0.105. The average molecular weight is 627 g/mol. The Balaban J connectivity index is 0.00000370. The first-order chi connectivity index (χ1) is 18.7. The lowest BCUT2D eigenvalue weighted by Crippen LogP contribution is -2.56.